The molecule has 2 rings (SSSR count). The number of rotatable bonds is 3. The zero-order valence-corrected chi connectivity index (χ0v) is 14.7. The fourth-order valence-corrected chi connectivity index (χ4v) is 4.00. The molecular weight excluding hydrogens is 312 g/mol. The zero-order valence-electron chi connectivity index (χ0n) is 13.9. The topological polar surface area (TPSA) is 89.3 Å². The van der Waals surface area contributed by atoms with Crippen molar-refractivity contribution in [1.29, 1.82) is 0 Å². The second-order valence-electron chi connectivity index (χ2n) is 6.48. The number of carbonyl (C=O) groups excluding carboxylic acids is 1. The van der Waals surface area contributed by atoms with Crippen molar-refractivity contribution < 1.29 is 13.2 Å². The van der Waals surface area contributed by atoms with E-state index >= 15 is 0 Å². The molecule has 1 fully saturated rings. The first-order valence-electron chi connectivity index (χ1n) is 8.24. The number of hydrogen-bond acceptors (Lipinski definition) is 3. The number of hydrogen-bond donors (Lipinski definition) is 2. The lowest BCUT2D eigenvalue weighted by atomic mass is 9.96. The number of primary sulfonamides is 1. The van der Waals surface area contributed by atoms with Crippen LogP contribution in [-0.2, 0) is 10.0 Å². The summed E-state index contributed by atoms with van der Waals surface area (Å²) in [6, 6.07) is 3.28. The van der Waals surface area contributed by atoms with Gasteiger partial charge in [0.25, 0.3) is 5.91 Å². The van der Waals surface area contributed by atoms with Gasteiger partial charge in [-0.15, -0.1) is 0 Å². The Morgan fingerprint density at radius 2 is 1.65 bits per heavy atom. The van der Waals surface area contributed by atoms with Crippen molar-refractivity contribution in [1.82, 2.24) is 5.32 Å². The summed E-state index contributed by atoms with van der Waals surface area (Å²) in [7, 11) is -3.84. The van der Waals surface area contributed by atoms with Gasteiger partial charge in [0.1, 0.15) is 0 Å². The van der Waals surface area contributed by atoms with Gasteiger partial charge in [0.15, 0.2) is 0 Å². The van der Waals surface area contributed by atoms with Crippen LogP contribution in [0, 0.1) is 13.8 Å². The van der Waals surface area contributed by atoms with Crippen LogP contribution in [0.3, 0.4) is 0 Å². The first kappa shape index (κ1) is 17.9. The highest BCUT2D eigenvalue weighted by Gasteiger charge is 2.19. The number of nitrogens with one attached hydrogen (secondary N) is 1. The second-order valence-corrected chi connectivity index (χ2v) is 8.01. The summed E-state index contributed by atoms with van der Waals surface area (Å²) in [6.07, 6.45) is 7.92. The van der Waals surface area contributed by atoms with Crippen LogP contribution >= 0.6 is 0 Å². The number of benzene rings is 1. The fourth-order valence-electron chi connectivity index (χ4n) is 3.12. The van der Waals surface area contributed by atoms with Gasteiger partial charge in [0, 0.05) is 11.6 Å². The SMILES string of the molecule is Cc1cc(C(=O)NC2CCCCCCC2)cc(S(N)(=O)=O)c1C. The molecule has 0 radical (unpaired) electrons. The highest BCUT2D eigenvalue weighted by Crippen LogP contribution is 2.21. The predicted octanol–water partition coefficient (Wildman–Crippen LogP) is 2.79. The average molecular weight is 338 g/mol. The van der Waals surface area contributed by atoms with Crippen molar-refractivity contribution in [3.8, 4) is 0 Å². The molecule has 0 spiro atoms. The molecule has 1 aliphatic rings. The molecule has 5 nitrogen and oxygen atoms in total. The smallest absolute Gasteiger partial charge is 0.251 e. The standard InChI is InChI=1S/C17H26N2O3S/c1-12-10-14(11-16(13(12)2)23(18,21)22)17(20)19-15-8-6-4-3-5-7-9-15/h10-11,15H,3-9H2,1-2H3,(H,19,20)(H2,18,21,22). The minimum atomic E-state index is -3.84. The first-order chi connectivity index (χ1) is 10.8. The maximum atomic E-state index is 12.5. The van der Waals surface area contributed by atoms with E-state index < -0.39 is 10.0 Å². The number of carbonyl (C=O) groups is 1. The molecule has 0 bridgehead atoms. The van der Waals surface area contributed by atoms with Crippen molar-refractivity contribution in [2.24, 2.45) is 5.14 Å². The Balaban J connectivity index is 2.20. The number of sulfonamides is 1. The number of amides is 1. The van der Waals surface area contributed by atoms with Gasteiger partial charge in [0.2, 0.25) is 10.0 Å². The summed E-state index contributed by atoms with van der Waals surface area (Å²) in [5.74, 6) is -0.219. The molecule has 1 aromatic rings. The molecule has 128 valence electrons. The maximum Gasteiger partial charge on any atom is 0.251 e. The minimum absolute atomic E-state index is 0.0281. The zero-order chi connectivity index (χ0) is 17.0. The second kappa shape index (κ2) is 7.45. The molecule has 6 heteroatoms. The normalized spacial score (nSPS) is 17.3. The third-order valence-corrected chi connectivity index (χ3v) is 5.67. The van der Waals surface area contributed by atoms with Crippen LogP contribution in [0.2, 0.25) is 0 Å². The molecule has 3 N–H and O–H groups in total. The lowest BCUT2D eigenvalue weighted by Crippen LogP contribution is -2.35. The molecule has 0 unspecified atom stereocenters. The molecule has 1 saturated carbocycles. The van der Waals surface area contributed by atoms with Crippen molar-refractivity contribution in [3.05, 3.63) is 28.8 Å². The Morgan fingerprint density at radius 1 is 1.09 bits per heavy atom. The molecule has 1 aliphatic carbocycles. The Hall–Kier alpha value is -1.40. The van der Waals surface area contributed by atoms with Gasteiger partial charge in [-0.25, -0.2) is 13.6 Å². The first-order valence-corrected chi connectivity index (χ1v) is 9.78. The Kier molecular flexibility index (Phi) is 5.81. The number of aryl methyl sites for hydroxylation is 1. The molecular formula is C17H26N2O3S. The largest absolute Gasteiger partial charge is 0.349 e. The van der Waals surface area contributed by atoms with E-state index in [9.17, 15) is 13.2 Å². The fraction of sp³-hybridized carbons (Fsp3) is 0.588. The van der Waals surface area contributed by atoms with E-state index in [1.165, 1.54) is 25.3 Å². The monoisotopic (exact) mass is 338 g/mol. The van der Waals surface area contributed by atoms with Gasteiger partial charge in [0.05, 0.1) is 4.90 Å². The molecule has 0 saturated heterocycles. The van der Waals surface area contributed by atoms with Crippen LogP contribution in [0.5, 0.6) is 0 Å². The van der Waals surface area contributed by atoms with Gasteiger partial charge in [-0.2, -0.15) is 0 Å². The van der Waals surface area contributed by atoms with E-state index in [1.54, 1.807) is 19.9 Å². The van der Waals surface area contributed by atoms with E-state index in [1.807, 2.05) is 0 Å². The van der Waals surface area contributed by atoms with Crippen molar-refractivity contribution in [2.75, 3.05) is 0 Å². The van der Waals surface area contributed by atoms with Gasteiger partial charge >= 0.3 is 0 Å². The Morgan fingerprint density at radius 3 is 2.22 bits per heavy atom. The van der Waals surface area contributed by atoms with Gasteiger partial charge in [-0.05, 0) is 49.9 Å². The quantitative estimate of drug-likeness (QED) is 0.888. The van der Waals surface area contributed by atoms with Crippen LogP contribution in [0.1, 0.15) is 66.4 Å². The van der Waals surface area contributed by atoms with E-state index in [2.05, 4.69) is 5.32 Å². The summed E-state index contributed by atoms with van der Waals surface area (Å²) in [5.41, 5.74) is 1.70. The Bertz CT molecular complexity index is 675. The Labute approximate surface area is 138 Å². The molecule has 1 amide bonds. The third-order valence-electron chi connectivity index (χ3n) is 4.63. The van der Waals surface area contributed by atoms with Gasteiger partial charge in [-0.1, -0.05) is 32.1 Å². The lowest BCUT2D eigenvalue weighted by molar-refractivity contribution is 0.0930. The molecule has 0 heterocycles. The van der Waals surface area contributed by atoms with E-state index in [-0.39, 0.29) is 16.8 Å². The molecule has 1 aromatic carbocycles. The van der Waals surface area contributed by atoms with E-state index in [0.717, 1.165) is 31.2 Å². The minimum Gasteiger partial charge on any atom is -0.349 e. The van der Waals surface area contributed by atoms with Gasteiger partial charge < -0.3 is 5.32 Å². The van der Waals surface area contributed by atoms with Gasteiger partial charge in [-0.3, -0.25) is 4.79 Å². The highest BCUT2D eigenvalue weighted by molar-refractivity contribution is 7.89. The molecule has 0 aliphatic heterocycles. The van der Waals surface area contributed by atoms with Crippen LogP contribution in [0.15, 0.2) is 17.0 Å². The van der Waals surface area contributed by atoms with Crippen molar-refractivity contribution in [3.63, 3.8) is 0 Å². The van der Waals surface area contributed by atoms with Crippen molar-refractivity contribution in [2.45, 2.75) is 69.7 Å². The predicted molar refractivity (Wildman–Crippen MR) is 90.9 cm³/mol. The van der Waals surface area contributed by atoms with E-state index in [4.69, 9.17) is 5.14 Å². The summed E-state index contributed by atoms with van der Waals surface area (Å²) in [5, 5.41) is 8.31. The summed E-state index contributed by atoms with van der Waals surface area (Å²) in [6.45, 7) is 3.49. The summed E-state index contributed by atoms with van der Waals surface area (Å²) >= 11 is 0. The average Bonchev–Trinajstić information content (AvgIpc) is 2.43. The third kappa shape index (κ3) is 4.78. The molecule has 23 heavy (non-hydrogen) atoms. The number of nitrogens with two attached hydrogens (primary N) is 1. The molecule has 0 aromatic heterocycles. The molecule has 0 atom stereocenters. The summed E-state index contributed by atoms with van der Waals surface area (Å²) in [4.78, 5) is 12.5. The van der Waals surface area contributed by atoms with Crippen LogP contribution in [-0.4, -0.2) is 20.4 Å². The maximum absolute atomic E-state index is 12.5. The summed E-state index contributed by atoms with van der Waals surface area (Å²) < 4.78 is 23.4. The van der Waals surface area contributed by atoms with Crippen LogP contribution in [0.4, 0.5) is 0 Å². The highest BCUT2D eigenvalue weighted by atomic mass is 32.2. The van der Waals surface area contributed by atoms with Crippen molar-refractivity contribution >= 4 is 15.9 Å². The van der Waals surface area contributed by atoms with E-state index in [0.29, 0.717) is 11.1 Å². The lowest BCUT2D eigenvalue weighted by Gasteiger charge is -2.21. The van der Waals surface area contributed by atoms with Crippen LogP contribution in [0.25, 0.3) is 0 Å². The van der Waals surface area contributed by atoms with Crippen LogP contribution < -0.4 is 10.5 Å².